The molecule has 1 aromatic heterocycles. The van der Waals surface area contributed by atoms with Crippen molar-refractivity contribution in [2.45, 2.75) is 46.6 Å². The minimum atomic E-state index is -1.41. The van der Waals surface area contributed by atoms with Crippen LogP contribution in [0.2, 0.25) is 0 Å². The average molecular weight is 371 g/mol. The Bertz CT molecular complexity index is 1050. The number of carbonyl (C=O) groups is 1. The molecule has 0 unspecified atom stereocenters. The Labute approximate surface area is 156 Å². The minimum Gasteiger partial charge on any atom is -0.493 e. The van der Waals surface area contributed by atoms with E-state index in [1.54, 1.807) is 4.57 Å². The Hall–Kier alpha value is -2.63. The Morgan fingerprint density at radius 2 is 2.04 bits per heavy atom. The fourth-order valence-corrected chi connectivity index (χ4v) is 4.34. The lowest BCUT2D eigenvalue weighted by atomic mass is 9.77. The maximum Gasteiger partial charge on any atom is 0.341 e. The van der Waals surface area contributed by atoms with Crippen LogP contribution in [0.1, 0.15) is 53.9 Å². The lowest BCUT2D eigenvalue weighted by Gasteiger charge is -2.39. The number of nitrogens with zero attached hydrogens (tertiary/aromatic N) is 1. The molecule has 1 atom stereocenters. The molecule has 0 aliphatic carbocycles. The zero-order valence-corrected chi connectivity index (χ0v) is 15.9. The molecule has 0 saturated heterocycles. The highest BCUT2D eigenvalue weighted by atomic mass is 19.1. The highest BCUT2D eigenvalue weighted by Crippen LogP contribution is 2.47. The molecule has 0 spiro atoms. The summed E-state index contributed by atoms with van der Waals surface area (Å²) in [5, 5.41) is 9.35. The second-order valence-corrected chi connectivity index (χ2v) is 8.46. The quantitative estimate of drug-likeness (QED) is 0.829. The molecule has 2 aliphatic heterocycles. The van der Waals surface area contributed by atoms with Crippen LogP contribution in [-0.2, 0) is 12.8 Å². The van der Waals surface area contributed by atoms with Crippen LogP contribution in [0.4, 0.5) is 4.39 Å². The van der Waals surface area contributed by atoms with Crippen molar-refractivity contribution in [3.05, 3.63) is 50.6 Å². The Morgan fingerprint density at radius 1 is 1.33 bits per heavy atom. The SMILES string of the molecule is Cc1cc2c(c3c1OCC3)C[C@@H](C(C)(C)C)n1cc(C(=O)O)c(=O)c(F)c1-2. The summed E-state index contributed by atoms with van der Waals surface area (Å²) >= 11 is 0. The molecular weight excluding hydrogens is 349 g/mol. The molecule has 0 radical (unpaired) electrons. The van der Waals surface area contributed by atoms with Crippen LogP contribution in [0.25, 0.3) is 11.3 Å². The molecule has 2 aliphatic rings. The molecule has 0 bridgehead atoms. The Balaban J connectivity index is 2.12. The molecule has 142 valence electrons. The number of pyridine rings is 1. The van der Waals surface area contributed by atoms with Crippen LogP contribution in [0.5, 0.6) is 5.75 Å². The van der Waals surface area contributed by atoms with Crippen molar-refractivity contribution < 1.29 is 19.0 Å². The van der Waals surface area contributed by atoms with Crippen molar-refractivity contribution >= 4 is 5.97 Å². The van der Waals surface area contributed by atoms with Crippen molar-refractivity contribution in [3.63, 3.8) is 0 Å². The molecule has 2 aromatic rings. The summed E-state index contributed by atoms with van der Waals surface area (Å²) in [6.07, 6.45) is 2.70. The van der Waals surface area contributed by atoms with E-state index in [9.17, 15) is 14.7 Å². The average Bonchev–Trinajstić information content (AvgIpc) is 3.06. The van der Waals surface area contributed by atoms with E-state index >= 15 is 4.39 Å². The first-order valence-corrected chi connectivity index (χ1v) is 9.07. The summed E-state index contributed by atoms with van der Waals surface area (Å²) in [4.78, 5) is 23.8. The molecule has 3 heterocycles. The predicted molar refractivity (Wildman–Crippen MR) is 99.2 cm³/mol. The van der Waals surface area contributed by atoms with Gasteiger partial charge in [0.1, 0.15) is 11.3 Å². The zero-order valence-electron chi connectivity index (χ0n) is 15.9. The molecule has 0 amide bonds. The van der Waals surface area contributed by atoms with Crippen molar-refractivity contribution in [1.82, 2.24) is 4.57 Å². The number of aryl methyl sites for hydroxylation is 1. The van der Waals surface area contributed by atoms with Crippen LogP contribution in [0, 0.1) is 18.2 Å². The van der Waals surface area contributed by atoms with Crippen LogP contribution < -0.4 is 10.2 Å². The number of rotatable bonds is 1. The van der Waals surface area contributed by atoms with Gasteiger partial charge < -0.3 is 14.4 Å². The second kappa shape index (κ2) is 5.68. The van der Waals surface area contributed by atoms with E-state index in [0.717, 1.165) is 28.9 Å². The Kier molecular flexibility index (Phi) is 3.74. The third kappa shape index (κ3) is 2.50. The number of aromatic nitrogens is 1. The summed E-state index contributed by atoms with van der Waals surface area (Å²) in [7, 11) is 0. The summed E-state index contributed by atoms with van der Waals surface area (Å²) in [5.74, 6) is -1.55. The van der Waals surface area contributed by atoms with Crippen LogP contribution in [-0.4, -0.2) is 22.2 Å². The standard InChI is InChI=1S/C21H22FNO4/c1-10-7-13-12(11-5-6-27-19(10)11)8-15(21(2,3)4)23-9-14(20(25)26)18(24)16(22)17(13)23/h7,9,15H,5-6,8H2,1-4H3,(H,25,26)/t15-/m0/s1. The van der Waals surface area contributed by atoms with E-state index in [-0.39, 0.29) is 17.2 Å². The number of carboxylic acids is 1. The first-order valence-electron chi connectivity index (χ1n) is 9.07. The van der Waals surface area contributed by atoms with Gasteiger partial charge >= 0.3 is 5.97 Å². The number of benzene rings is 1. The molecule has 6 heteroatoms. The van der Waals surface area contributed by atoms with Gasteiger partial charge in [-0.15, -0.1) is 0 Å². The first kappa shape index (κ1) is 17.8. The summed E-state index contributed by atoms with van der Waals surface area (Å²) < 4.78 is 22.6. The van der Waals surface area contributed by atoms with Gasteiger partial charge in [-0.25, -0.2) is 9.18 Å². The van der Waals surface area contributed by atoms with Gasteiger partial charge in [0.15, 0.2) is 5.82 Å². The van der Waals surface area contributed by atoms with Gasteiger partial charge in [-0.2, -0.15) is 0 Å². The number of hydrogen-bond acceptors (Lipinski definition) is 3. The molecule has 1 N–H and O–H groups in total. The molecule has 0 fully saturated rings. The highest BCUT2D eigenvalue weighted by molar-refractivity contribution is 5.88. The van der Waals surface area contributed by atoms with Gasteiger partial charge in [0, 0.05) is 29.8 Å². The van der Waals surface area contributed by atoms with Gasteiger partial charge in [-0.3, -0.25) is 4.79 Å². The number of carboxylic acid groups (broad SMARTS) is 1. The van der Waals surface area contributed by atoms with Crippen LogP contribution >= 0.6 is 0 Å². The molecular formula is C21H22FNO4. The molecule has 5 nitrogen and oxygen atoms in total. The first-order chi connectivity index (χ1) is 12.6. The summed E-state index contributed by atoms with van der Waals surface area (Å²) in [6, 6.07) is 1.67. The number of hydrogen-bond donors (Lipinski definition) is 1. The smallest absolute Gasteiger partial charge is 0.341 e. The minimum absolute atomic E-state index is 0.180. The zero-order chi connectivity index (χ0) is 19.7. The van der Waals surface area contributed by atoms with Gasteiger partial charge in [-0.05, 0) is 36.0 Å². The second-order valence-electron chi connectivity index (χ2n) is 8.46. The summed E-state index contributed by atoms with van der Waals surface area (Å²) in [5.41, 5.74) is 1.98. The van der Waals surface area contributed by atoms with E-state index in [1.807, 2.05) is 33.8 Å². The third-order valence-corrected chi connectivity index (χ3v) is 5.68. The number of ether oxygens (including phenoxy) is 1. The fraction of sp³-hybridized carbons (Fsp3) is 0.429. The van der Waals surface area contributed by atoms with Gasteiger partial charge in [0.05, 0.1) is 12.3 Å². The van der Waals surface area contributed by atoms with E-state index in [1.165, 1.54) is 6.20 Å². The fourth-order valence-electron chi connectivity index (χ4n) is 4.34. The lowest BCUT2D eigenvalue weighted by molar-refractivity contribution is 0.0692. The number of halogens is 1. The maximum absolute atomic E-state index is 15.2. The van der Waals surface area contributed by atoms with Crippen LogP contribution in [0.3, 0.4) is 0 Å². The van der Waals surface area contributed by atoms with E-state index in [0.29, 0.717) is 18.6 Å². The molecule has 1 aromatic carbocycles. The van der Waals surface area contributed by atoms with Gasteiger partial charge in [0.2, 0.25) is 5.43 Å². The third-order valence-electron chi connectivity index (χ3n) is 5.68. The van der Waals surface area contributed by atoms with Crippen molar-refractivity contribution in [3.8, 4) is 17.0 Å². The monoisotopic (exact) mass is 371 g/mol. The van der Waals surface area contributed by atoms with Crippen molar-refractivity contribution in [2.24, 2.45) is 5.41 Å². The van der Waals surface area contributed by atoms with Gasteiger partial charge in [-0.1, -0.05) is 20.8 Å². The van der Waals surface area contributed by atoms with E-state index in [4.69, 9.17) is 4.74 Å². The molecule has 0 saturated carbocycles. The topological polar surface area (TPSA) is 68.5 Å². The predicted octanol–water partition coefficient (Wildman–Crippen LogP) is 3.74. The highest BCUT2D eigenvalue weighted by Gasteiger charge is 2.38. The molecule has 27 heavy (non-hydrogen) atoms. The van der Waals surface area contributed by atoms with E-state index in [2.05, 4.69) is 0 Å². The summed E-state index contributed by atoms with van der Waals surface area (Å²) in [6.45, 7) is 8.61. The van der Waals surface area contributed by atoms with Crippen molar-refractivity contribution in [1.29, 1.82) is 0 Å². The van der Waals surface area contributed by atoms with Crippen molar-refractivity contribution in [2.75, 3.05) is 6.61 Å². The maximum atomic E-state index is 15.2. The lowest BCUT2D eigenvalue weighted by Crippen LogP contribution is -2.35. The normalized spacial score (nSPS) is 17.7. The van der Waals surface area contributed by atoms with E-state index < -0.39 is 22.8 Å². The number of aromatic carboxylic acids is 1. The largest absolute Gasteiger partial charge is 0.493 e. The van der Waals surface area contributed by atoms with Gasteiger partial charge in [0.25, 0.3) is 0 Å². The Morgan fingerprint density at radius 3 is 2.67 bits per heavy atom. The number of fused-ring (bicyclic) bond motifs is 5. The van der Waals surface area contributed by atoms with Crippen LogP contribution in [0.15, 0.2) is 17.1 Å². The molecule has 4 rings (SSSR count).